The van der Waals surface area contributed by atoms with Crippen molar-refractivity contribution in [3.63, 3.8) is 0 Å². The van der Waals surface area contributed by atoms with Crippen molar-refractivity contribution < 1.29 is 23.9 Å². The molecular formula is C23H24N2O5. The van der Waals surface area contributed by atoms with Crippen LogP contribution in [0.3, 0.4) is 0 Å². The lowest BCUT2D eigenvalue weighted by Gasteiger charge is -2.19. The fraction of sp³-hybridized carbons (Fsp3) is 0.261. The second-order valence-electron chi connectivity index (χ2n) is 7.84. The lowest BCUT2D eigenvalue weighted by Crippen LogP contribution is -2.51. The number of amides is 4. The molecule has 0 aliphatic carbocycles. The van der Waals surface area contributed by atoms with E-state index in [2.05, 4.69) is 32.9 Å². The SMILES string of the molecule is CC(C)(C)c1ccc(OCCOc2ccc(C=C3C(=O)NC(=O)NC3=O)cc2)cc1. The van der Waals surface area contributed by atoms with Crippen LogP contribution in [-0.2, 0) is 15.0 Å². The number of ether oxygens (including phenoxy) is 2. The van der Waals surface area contributed by atoms with Gasteiger partial charge in [0.2, 0.25) is 0 Å². The molecule has 1 aliphatic heterocycles. The highest BCUT2D eigenvalue weighted by Gasteiger charge is 2.27. The Kier molecular flexibility index (Phi) is 6.20. The maximum atomic E-state index is 11.7. The Bertz CT molecular complexity index is 948. The van der Waals surface area contributed by atoms with Crippen molar-refractivity contribution in [2.24, 2.45) is 0 Å². The Morgan fingerprint density at radius 2 is 1.23 bits per heavy atom. The molecule has 1 fully saturated rings. The van der Waals surface area contributed by atoms with E-state index in [4.69, 9.17) is 9.47 Å². The summed E-state index contributed by atoms with van der Waals surface area (Å²) in [5.41, 5.74) is 1.85. The molecule has 1 saturated heterocycles. The minimum absolute atomic E-state index is 0.103. The number of carbonyl (C=O) groups is 3. The van der Waals surface area contributed by atoms with E-state index in [9.17, 15) is 14.4 Å². The molecule has 156 valence electrons. The average Bonchev–Trinajstić information content (AvgIpc) is 2.69. The first-order valence-electron chi connectivity index (χ1n) is 9.57. The van der Waals surface area contributed by atoms with Crippen molar-refractivity contribution in [2.45, 2.75) is 26.2 Å². The van der Waals surface area contributed by atoms with Crippen LogP contribution in [0, 0.1) is 0 Å². The van der Waals surface area contributed by atoms with Gasteiger partial charge in [0.05, 0.1) is 0 Å². The second-order valence-corrected chi connectivity index (χ2v) is 7.84. The predicted molar refractivity (Wildman–Crippen MR) is 112 cm³/mol. The molecule has 2 N–H and O–H groups in total. The van der Waals surface area contributed by atoms with Gasteiger partial charge in [-0.3, -0.25) is 20.2 Å². The van der Waals surface area contributed by atoms with Gasteiger partial charge in [-0.05, 0) is 46.9 Å². The minimum atomic E-state index is -0.821. The van der Waals surface area contributed by atoms with Gasteiger partial charge in [0.25, 0.3) is 11.8 Å². The molecule has 0 atom stereocenters. The van der Waals surface area contributed by atoms with Gasteiger partial charge in [0.1, 0.15) is 30.3 Å². The van der Waals surface area contributed by atoms with Crippen LogP contribution in [0.15, 0.2) is 54.1 Å². The molecule has 1 heterocycles. The Labute approximate surface area is 175 Å². The number of hydrogen-bond donors (Lipinski definition) is 2. The molecule has 2 aromatic rings. The van der Waals surface area contributed by atoms with Crippen LogP contribution in [0.4, 0.5) is 4.79 Å². The van der Waals surface area contributed by atoms with Crippen LogP contribution in [-0.4, -0.2) is 31.1 Å². The highest BCUT2D eigenvalue weighted by molar-refractivity contribution is 6.31. The molecule has 0 unspecified atom stereocenters. The third-order valence-corrected chi connectivity index (χ3v) is 4.48. The molecule has 0 radical (unpaired) electrons. The first-order chi connectivity index (χ1) is 14.2. The summed E-state index contributed by atoms with van der Waals surface area (Å²) in [4.78, 5) is 34.6. The summed E-state index contributed by atoms with van der Waals surface area (Å²) in [5.74, 6) is -0.0267. The van der Waals surface area contributed by atoms with Gasteiger partial charge in [-0.1, -0.05) is 45.0 Å². The lowest BCUT2D eigenvalue weighted by molar-refractivity contribution is -0.123. The average molecular weight is 408 g/mol. The molecule has 4 amide bonds. The van der Waals surface area contributed by atoms with Crippen molar-refractivity contribution in [1.82, 2.24) is 10.6 Å². The predicted octanol–water partition coefficient (Wildman–Crippen LogP) is 3.19. The summed E-state index contributed by atoms with van der Waals surface area (Å²) in [6, 6.07) is 14.1. The van der Waals surface area contributed by atoms with Crippen LogP contribution in [0.2, 0.25) is 0 Å². The van der Waals surface area contributed by atoms with E-state index in [1.807, 2.05) is 22.8 Å². The molecule has 30 heavy (non-hydrogen) atoms. The number of imide groups is 2. The first kappa shape index (κ1) is 21.1. The first-order valence-corrected chi connectivity index (χ1v) is 9.57. The molecule has 3 rings (SSSR count). The molecule has 0 aromatic heterocycles. The van der Waals surface area contributed by atoms with Crippen LogP contribution < -0.4 is 20.1 Å². The van der Waals surface area contributed by atoms with E-state index in [-0.39, 0.29) is 11.0 Å². The summed E-state index contributed by atoms with van der Waals surface area (Å²) in [5, 5.41) is 4.07. The highest BCUT2D eigenvalue weighted by atomic mass is 16.5. The van der Waals surface area contributed by atoms with Gasteiger partial charge in [-0.2, -0.15) is 0 Å². The van der Waals surface area contributed by atoms with Crippen LogP contribution in [0.5, 0.6) is 11.5 Å². The van der Waals surface area contributed by atoms with E-state index >= 15 is 0 Å². The maximum absolute atomic E-state index is 11.7. The van der Waals surface area contributed by atoms with Crippen molar-refractivity contribution in [3.05, 3.63) is 65.2 Å². The fourth-order valence-electron chi connectivity index (χ4n) is 2.80. The minimum Gasteiger partial charge on any atom is -0.490 e. The van der Waals surface area contributed by atoms with E-state index in [0.717, 1.165) is 5.75 Å². The Morgan fingerprint density at radius 3 is 1.70 bits per heavy atom. The fourth-order valence-corrected chi connectivity index (χ4v) is 2.80. The van der Waals surface area contributed by atoms with Gasteiger partial charge in [0, 0.05) is 0 Å². The molecular weight excluding hydrogens is 384 g/mol. The van der Waals surface area contributed by atoms with Gasteiger partial charge >= 0.3 is 6.03 Å². The lowest BCUT2D eigenvalue weighted by atomic mass is 9.87. The number of hydrogen-bond acceptors (Lipinski definition) is 5. The van der Waals surface area contributed by atoms with E-state index in [1.165, 1.54) is 11.6 Å². The monoisotopic (exact) mass is 408 g/mol. The molecule has 1 aliphatic rings. The Hall–Kier alpha value is -3.61. The van der Waals surface area contributed by atoms with Crippen LogP contribution >= 0.6 is 0 Å². The van der Waals surface area contributed by atoms with Gasteiger partial charge in [0.15, 0.2) is 0 Å². The zero-order valence-electron chi connectivity index (χ0n) is 17.2. The molecule has 0 spiro atoms. The highest BCUT2D eigenvalue weighted by Crippen LogP contribution is 2.24. The quantitative estimate of drug-likeness (QED) is 0.435. The van der Waals surface area contributed by atoms with Gasteiger partial charge < -0.3 is 9.47 Å². The zero-order valence-corrected chi connectivity index (χ0v) is 17.2. The molecule has 2 aromatic carbocycles. The van der Waals surface area contributed by atoms with Crippen molar-refractivity contribution in [1.29, 1.82) is 0 Å². The number of carbonyl (C=O) groups excluding carboxylic acids is 3. The zero-order chi connectivity index (χ0) is 21.7. The second kappa shape index (κ2) is 8.82. The molecule has 7 nitrogen and oxygen atoms in total. The van der Waals surface area contributed by atoms with Crippen molar-refractivity contribution in [2.75, 3.05) is 13.2 Å². The summed E-state index contributed by atoms with van der Waals surface area (Å²) < 4.78 is 11.4. The van der Waals surface area contributed by atoms with E-state index < -0.39 is 17.8 Å². The third-order valence-electron chi connectivity index (χ3n) is 4.48. The van der Waals surface area contributed by atoms with Crippen LogP contribution in [0.25, 0.3) is 6.08 Å². The van der Waals surface area contributed by atoms with Crippen molar-refractivity contribution in [3.8, 4) is 11.5 Å². The van der Waals surface area contributed by atoms with Crippen LogP contribution in [0.1, 0.15) is 31.9 Å². The summed E-state index contributed by atoms with van der Waals surface area (Å²) in [6.07, 6.45) is 1.41. The third kappa shape index (κ3) is 5.47. The summed E-state index contributed by atoms with van der Waals surface area (Å²) >= 11 is 0. The Morgan fingerprint density at radius 1 is 0.767 bits per heavy atom. The van der Waals surface area contributed by atoms with Gasteiger partial charge in [-0.25, -0.2) is 4.79 Å². The standard InChI is InChI=1S/C23H24N2O5/c1-23(2,3)16-6-10-18(11-7-16)30-13-12-29-17-8-4-15(5-9-17)14-19-20(26)24-22(28)25-21(19)27/h4-11,14H,12-13H2,1-3H3,(H2,24,25,26,27,28). The number of urea groups is 1. The topological polar surface area (TPSA) is 93.7 Å². The number of benzene rings is 2. The largest absolute Gasteiger partial charge is 0.490 e. The van der Waals surface area contributed by atoms with E-state index in [0.29, 0.717) is 24.5 Å². The van der Waals surface area contributed by atoms with Crippen molar-refractivity contribution >= 4 is 23.9 Å². The van der Waals surface area contributed by atoms with Gasteiger partial charge in [-0.15, -0.1) is 0 Å². The number of nitrogens with one attached hydrogen (secondary N) is 2. The summed E-state index contributed by atoms with van der Waals surface area (Å²) in [6.45, 7) is 7.26. The normalized spacial score (nSPS) is 14.1. The van der Waals surface area contributed by atoms with E-state index in [1.54, 1.807) is 24.3 Å². The Balaban J connectivity index is 1.49. The summed E-state index contributed by atoms with van der Waals surface area (Å²) in [7, 11) is 0. The number of rotatable bonds is 6. The molecule has 0 bridgehead atoms. The maximum Gasteiger partial charge on any atom is 0.328 e. The molecule has 0 saturated carbocycles. The number of barbiturate groups is 1. The molecule has 7 heteroatoms. The smallest absolute Gasteiger partial charge is 0.328 e.